The monoisotopic (exact) mass is 261 g/mol. The Kier molecular flexibility index (Phi) is 2.95. The summed E-state index contributed by atoms with van der Waals surface area (Å²) in [5.41, 5.74) is 3.54. The van der Waals surface area contributed by atoms with E-state index in [2.05, 4.69) is 0 Å². The summed E-state index contributed by atoms with van der Waals surface area (Å²) in [5.74, 6) is -1.88. The molecule has 0 saturated heterocycles. The van der Waals surface area contributed by atoms with Crippen LogP contribution in [0.4, 0.5) is 0 Å². The molecule has 19 heavy (non-hydrogen) atoms. The summed E-state index contributed by atoms with van der Waals surface area (Å²) in [7, 11) is 0. The maximum absolute atomic E-state index is 11.8. The van der Waals surface area contributed by atoms with Gasteiger partial charge in [0, 0.05) is 0 Å². The van der Waals surface area contributed by atoms with Crippen molar-refractivity contribution in [2.45, 2.75) is 6.92 Å². The maximum Gasteiger partial charge on any atom is 0.335 e. The molecule has 2 aromatic rings. The zero-order valence-electron chi connectivity index (χ0n) is 10.0. The first-order chi connectivity index (χ1) is 8.93. The number of carbonyl (C=O) groups is 1. The van der Waals surface area contributed by atoms with Gasteiger partial charge in [-0.25, -0.2) is 9.36 Å². The molecule has 0 aliphatic carbocycles. The van der Waals surface area contributed by atoms with Crippen LogP contribution in [-0.4, -0.2) is 20.6 Å². The van der Waals surface area contributed by atoms with Gasteiger partial charge in [0.1, 0.15) is 0 Å². The maximum atomic E-state index is 11.8. The molecule has 0 spiro atoms. The van der Waals surface area contributed by atoms with Gasteiger partial charge in [0.15, 0.2) is 5.56 Å². The lowest BCUT2D eigenvalue weighted by molar-refractivity contribution is 0.0995. The molecular weight excluding hydrogens is 250 g/mol. The van der Waals surface area contributed by atoms with E-state index in [9.17, 15) is 19.5 Å². The van der Waals surface area contributed by atoms with Crippen molar-refractivity contribution in [2.75, 3.05) is 0 Å². The average molecular weight is 261 g/mol. The number of aromatic amines is 1. The Morgan fingerprint density at radius 3 is 2.53 bits per heavy atom. The fourth-order valence-corrected chi connectivity index (χ4v) is 1.78. The van der Waals surface area contributed by atoms with Crippen LogP contribution in [0.5, 0.6) is 5.88 Å². The van der Waals surface area contributed by atoms with Crippen LogP contribution >= 0.6 is 0 Å². The first-order valence-corrected chi connectivity index (χ1v) is 5.37. The molecule has 1 amide bonds. The van der Waals surface area contributed by atoms with E-state index in [1.54, 1.807) is 31.2 Å². The van der Waals surface area contributed by atoms with E-state index in [1.165, 1.54) is 0 Å². The van der Waals surface area contributed by atoms with Gasteiger partial charge >= 0.3 is 5.69 Å². The number of aryl methyl sites for hydroxylation is 1. The van der Waals surface area contributed by atoms with E-state index in [-0.39, 0.29) is 0 Å². The summed E-state index contributed by atoms with van der Waals surface area (Å²) < 4.78 is 0.830. The third kappa shape index (κ3) is 2.01. The highest BCUT2D eigenvalue weighted by atomic mass is 16.3. The van der Waals surface area contributed by atoms with Crippen LogP contribution in [-0.2, 0) is 0 Å². The number of benzene rings is 1. The quantitative estimate of drug-likeness (QED) is 0.683. The fraction of sp³-hybridized carbons (Fsp3) is 0.0833. The van der Waals surface area contributed by atoms with Crippen molar-refractivity contribution in [3.63, 3.8) is 0 Å². The molecule has 2 rings (SSSR count). The summed E-state index contributed by atoms with van der Waals surface area (Å²) in [6.07, 6.45) is 0. The normalized spacial score (nSPS) is 10.4. The van der Waals surface area contributed by atoms with E-state index >= 15 is 0 Å². The summed E-state index contributed by atoms with van der Waals surface area (Å²) in [4.78, 5) is 36.3. The number of nitrogens with zero attached hydrogens (tertiary/aromatic N) is 1. The van der Waals surface area contributed by atoms with Gasteiger partial charge in [-0.05, 0) is 18.6 Å². The number of amides is 1. The standard InChI is InChI=1S/C12H11N3O4/c1-6-4-2-3-5-7(6)15-11(18)8(9(13)16)10(17)14-12(15)19/h2-5,18H,1H3,(H2,13,16)(H,14,17,19). The second-order valence-corrected chi connectivity index (χ2v) is 3.94. The number of aromatic nitrogens is 2. The summed E-state index contributed by atoms with van der Waals surface area (Å²) in [6.45, 7) is 1.72. The van der Waals surface area contributed by atoms with Crippen molar-refractivity contribution in [2.24, 2.45) is 5.73 Å². The first kappa shape index (κ1) is 12.6. The lowest BCUT2D eigenvalue weighted by Gasteiger charge is -2.11. The lowest BCUT2D eigenvalue weighted by Crippen LogP contribution is -2.35. The van der Waals surface area contributed by atoms with Crippen LogP contribution in [0.1, 0.15) is 15.9 Å². The number of rotatable bonds is 2. The zero-order chi connectivity index (χ0) is 14.2. The minimum Gasteiger partial charge on any atom is -0.493 e. The Bertz CT molecular complexity index is 773. The van der Waals surface area contributed by atoms with Gasteiger partial charge in [-0.1, -0.05) is 18.2 Å². The number of hydrogen-bond donors (Lipinski definition) is 3. The molecule has 1 heterocycles. The molecule has 4 N–H and O–H groups in total. The molecule has 7 nitrogen and oxygen atoms in total. The molecule has 0 fully saturated rings. The molecule has 0 unspecified atom stereocenters. The van der Waals surface area contributed by atoms with E-state index in [4.69, 9.17) is 5.73 Å². The second-order valence-electron chi connectivity index (χ2n) is 3.94. The number of para-hydroxylation sites is 1. The van der Waals surface area contributed by atoms with E-state index in [1.807, 2.05) is 4.98 Å². The van der Waals surface area contributed by atoms with Crippen LogP contribution in [0.15, 0.2) is 33.9 Å². The highest BCUT2D eigenvalue weighted by Crippen LogP contribution is 2.18. The highest BCUT2D eigenvalue weighted by molar-refractivity contribution is 5.94. The number of primary amides is 1. The van der Waals surface area contributed by atoms with E-state index in [0.29, 0.717) is 11.3 Å². The number of H-pyrrole nitrogens is 1. The predicted molar refractivity (Wildman–Crippen MR) is 67.6 cm³/mol. The van der Waals surface area contributed by atoms with E-state index in [0.717, 1.165) is 4.57 Å². The molecule has 98 valence electrons. The van der Waals surface area contributed by atoms with Gasteiger partial charge in [0.2, 0.25) is 5.88 Å². The average Bonchev–Trinajstić information content (AvgIpc) is 2.30. The van der Waals surface area contributed by atoms with Crippen LogP contribution < -0.4 is 17.0 Å². The summed E-state index contributed by atoms with van der Waals surface area (Å²) >= 11 is 0. The molecule has 0 aliphatic heterocycles. The molecule has 7 heteroatoms. The third-order valence-corrected chi connectivity index (χ3v) is 2.69. The van der Waals surface area contributed by atoms with Crippen molar-refractivity contribution in [1.82, 2.24) is 9.55 Å². The van der Waals surface area contributed by atoms with Crippen molar-refractivity contribution >= 4 is 5.91 Å². The Morgan fingerprint density at radius 2 is 1.95 bits per heavy atom. The van der Waals surface area contributed by atoms with Gasteiger partial charge in [-0.3, -0.25) is 14.6 Å². The molecule has 0 bridgehead atoms. The molecule has 1 aromatic heterocycles. The van der Waals surface area contributed by atoms with Crippen molar-refractivity contribution in [3.05, 3.63) is 56.2 Å². The molecule has 0 atom stereocenters. The van der Waals surface area contributed by atoms with Crippen LogP contribution in [0.25, 0.3) is 5.69 Å². The summed E-state index contributed by atoms with van der Waals surface area (Å²) in [5, 5.41) is 9.94. The zero-order valence-corrected chi connectivity index (χ0v) is 10.0. The molecule has 1 aromatic carbocycles. The van der Waals surface area contributed by atoms with Crippen LogP contribution in [0.3, 0.4) is 0 Å². The van der Waals surface area contributed by atoms with Crippen molar-refractivity contribution < 1.29 is 9.90 Å². The summed E-state index contributed by atoms with van der Waals surface area (Å²) in [6, 6.07) is 6.70. The highest BCUT2D eigenvalue weighted by Gasteiger charge is 2.20. The van der Waals surface area contributed by atoms with Gasteiger partial charge < -0.3 is 10.8 Å². The number of nitrogens with one attached hydrogen (secondary N) is 1. The Balaban J connectivity index is 2.90. The van der Waals surface area contributed by atoms with Gasteiger partial charge in [-0.2, -0.15) is 0 Å². The predicted octanol–water partition coefficient (Wildman–Crippen LogP) is -0.361. The largest absolute Gasteiger partial charge is 0.493 e. The SMILES string of the molecule is Cc1ccccc1-n1c(O)c(C(N)=O)c(=O)[nH]c1=O. The van der Waals surface area contributed by atoms with Crippen LogP contribution in [0.2, 0.25) is 0 Å². The number of nitrogens with two attached hydrogens (primary N) is 1. The fourth-order valence-electron chi connectivity index (χ4n) is 1.78. The Labute approximate surface area is 106 Å². The lowest BCUT2D eigenvalue weighted by atomic mass is 10.2. The first-order valence-electron chi connectivity index (χ1n) is 5.37. The second kappa shape index (κ2) is 4.45. The number of aromatic hydroxyl groups is 1. The number of carbonyl (C=O) groups excluding carboxylic acids is 1. The Morgan fingerprint density at radius 1 is 1.32 bits per heavy atom. The van der Waals surface area contributed by atoms with Crippen LogP contribution in [0, 0.1) is 6.92 Å². The third-order valence-electron chi connectivity index (χ3n) is 2.69. The van der Waals surface area contributed by atoms with Gasteiger partial charge in [0.05, 0.1) is 5.69 Å². The molecule has 0 radical (unpaired) electrons. The Hall–Kier alpha value is -2.83. The van der Waals surface area contributed by atoms with E-state index < -0.39 is 28.6 Å². The molecular formula is C12H11N3O4. The van der Waals surface area contributed by atoms with Crippen molar-refractivity contribution in [3.8, 4) is 11.6 Å². The molecule has 0 saturated carbocycles. The topological polar surface area (TPSA) is 118 Å². The minimum absolute atomic E-state index is 0.351. The molecule has 0 aliphatic rings. The minimum atomic E-state index is -1.11. The van der Waals surface area contributed by atoms with Crippen molar-refractivity contribution in [1.29, 1.82) is 0 Å². The smallest absolute Gasteiger partial charge is 0.335 e. The number of hydrogen-bond acceptors (Lipinski definition) is 4. The van der Waals surface area contributed by atoms with Gasteiger partial charge in [0.25, 0.3) is 11.5 Å². The van der Waals surface area contributed by atoms with Gasteiger partial charge in [-0.15, -0.1) is 0 Å².